The molecule has 0 radical (unpaired) electrons. The van der Waals surface area contributed by atoms with Gasteiger partial charge in [-0.15, -0.1) is 5.10 Å². The SMILES string of the molecule is Cc1ccc(C)c2sc(OC3CCN(C(=O)c4cccc(-n5cnnn5)c4)CC3)nc12. The van der Waals surface area contributed by atoms with Crippen molar-refractivity contribution >= 4 is 27.5 Å². The third-order valence-corrected chi connectivity index (χ3v) is 6.71. The lowest BCUT2D eigenvalue weighted by atomic mass is 10.1. The van der Waals surface area contributed by atoms with Gasteiger partial charge in [0.05, 0.1) is 15.9 Å². The number of hydrogen-bond acceptors (Lipinski definition) is 7. The van der Waals surface area contributed by atoms with E-state index in [1.807, 2.05) is 29.2 Å². The summed E-state index contributed by atoms with van der Waals surface area (Å²) in [6, 6.07) is 11.6. The van der Waals surface area contributed by atoms with Crippen LogP contribution in [0.1, 0.15) is 34.3 Å². The number of aryl methyl sites for hydroxylation is 2. The third-order valence-electron chi connectivity index (χ3n) is 5.63. The fourth-order valence-electron chi connectivity index (χ4n) is 3.85. The molecule has 1 aliphatic rings. The highest BCUT2D eigenvalue weighted by Crippen LogP contribution is 2.33. The number of amides is 1. The number of piperidine rings is 1. The van der Waals surface area contributed by atoms with Gasteiger partial charge in [-0.1, -0.05) is 29.5 Å². The van der Waals surface area contributed by atoms with Gasteiger partial charge < -0.3 is 9.64 Å². The summed E-state index contributed by atoms with van der Waals surface area (Å²) in [6.45, 7) is 5.48. The first kappa shape index (κ1) is 19.6. The smallest absolute Gasteiger partial charge is 0.274 e. The monoisotopic (exact) mass is 434 g/mol. The maximum atomic E-state index is 13.0. The Kier molecular flexibility index (Phi) is 5.11. The standard InChI is InChI=1S/C22H22N6O2S/c1-14-6-7-15(2)20-19(14)24-22(31-20)30-18-8-10-27(11-9-18)21(29)16-4-3-5-17(12-16)28-13-23-25-26-28/h3-7,12-13,18H,8-11H2,1-2H3. The maximum Gasteiger partial charge on any atom is 0.274 e. The average molecular weight is 435 g/mol. The second-order valence-corrected chi connectivity index (χ2v) is 8.73. The lowest BCUT2D eigenvalue weighted by molar-refractivity contribution is 0.0595. The van der Waals surface area contributed by atoms with Gasteiger partial charge in [-0.2, -0.15) is 0 Å². The van der Waals surface area contributed by atoms with Crippen LogP contribution in [0, 0.1) is 13.8 Å². The molecule has 0 saturated carbocycles. The normalized spacial score (nSPS) is 14.8. The number of ether oxygens (including phenoxy) is 1. The van der Waals surface area contributed by atoms with E-state index < -0.39 is 0 Å². The number of likely N-dealkylation sites (tertiary alicyclic amines) is 1. The number of rotatable bonds is 4. The van der Waals surface area contributed by atoms with E-state index in [1.165, 1.54) is 21.3 Å². The molecule has 158 valence electrons. The van der Waals surface area contributed by atoms with Crippen LogP contribution in [0.15, 0.2) is 42.7 Å². The number of hydrogen-bond donors (Lipinski definition) is 0. The molecule has 8 nitrogen and oxygen atoms in total. The Morgan fingerprint density at radius 2 is 1.94 bits per heavy atom. The summed E-state index contributed by atoms with van der Waals surface area (Å²) >= 11 is 1.60. The van der Waals surface area contributed by atoms with Crippen molar-refractivity contribution in [2.45, 2.75) is 32.8 Å². The zero-order chi connectivity index (χ0) is 21.4. The predicted octanol–water partition coefficient (Wildman–Crippen LogP) is 3.57. The topological polar surface area (TPSA) is 86.0 Å². The van der Waals surface area contributed by atoms with E-state index in [4.69, 9.17) is 9.72 Å². The summed E-state index contributed by atoms with van der Waals surface area (Å²) in [5.41, 5.74) is 4.79. The number of nitrogens with zero attached hydrogens (tertiary/aromatic N) is 6. The molecule has 0 N–H and O–H groups in total. The molecule has 1 amide bonds. The molecule has 0 unspecified atom stereocenters. The maximum absolute atomic E-state index is 13.0. The van der Waals surface area contributed by atoms with E-state index in [0.29, 0.717) is 23.8 Å². The van der Waals surface area contributed by atoms with Gasteiger partial charge in [0.2, 0.25) is 0 Å². The molecule has 3 heterocycles. The fraction of sp³-hybridized carbons (Fsp3) is 0.318. The van der Waals surface area contributed by atoms with Crippen molar-refractivity contribution in [2.24, 2.45) is 0 Å². The molecule has 2 aromatic heterocycles. The summed E-state index contributed by atoms with van der Waals surface area (Å²) in [5, 5.41) is 11.9. The van der Waals surface area contributed by atoms with Gasteiger partial charge in [0.25, 0.3) is 11.1 Å². The first-order valence-corrected chi connectivity index (χ1v) is 11.1. The predicted molar refractivity (Wildman–Crippen MR) is 118 cm³/mol. The Bertz CT molecular complexity index is 1190. The number of thiazole rings is 1. The van der Waals surface area contributed by atoms with Crippen LogP contribution in [0.5, 0.6) is 5.19 Å². The largest absolute Gasteiger partial charge is 0.467 e. The zero-order valence-electron chi connectivity index (χ0n) is 17.4. The summed E-state index contributed by atoms with van der Waals surface area (Å²) in [4.78, 5) is 19.6. The van der Waals surface area contributed by atoms with Crippen LogP contribution >= 0.6 is 11.3 Å². The Hall–Kier alpha value is -3.33. The van der Waals surface area contributed by atoms with Crippen LogP contribution in [-0.2, 0) is 0 Å². The van der Waals surface area contributed by atoms with Crippen molar-refractivity contribution in [3.05, 3.63) is 59.4 Å². The molecule has 0 aliphatic carbocycles. The van der Waals surface area contributed by atoms with E-state index in [1.54, 1.807) is 11.3 Å². The van der Waals surface area contributed by atoms with E-state index >= 15 is 0 Å². The highest BCUT2D eigenvalue weighted by Gasteiger charge is 2.26. The molecule has 1 saturated heterocycles. The Morgan fingerprint density at radius 3 is 2.68 bits per heavy atom. The average Bonchev–Trinajstić information content (AvgIpc) is 3.48. The van der Waals surface area contributed by atoms with Crippen LogP contribution in [0.2, 0.25) is 0 Å². The van der Waals surface area contributed by atoms with Crippen molar-refractivity contribution in [3.8, 4) is 10.9 Å². The van der Waals surface area contributed by atoms with Gasteiger partial charge in [-0.25, -0.2) is 9.67 Å². The van der Waals surface area contributed by atoms with Gasteiger partial charge in [-0.05, 0) is 53.6 Å². The number of carbonyl (C=O) groups is 1. The summed E-state index contributed by atoms with van der Waals surface area (Å²) in [7, 11) is 0. The van der Waals surface area contributed by atoms with Crippen LogP contribution in [0.3, 0.4) is 0 Å². The summed E-state index contributed by atoms with van der Waals surface area (Å²) in [6.07, 6.45) is 3.15. The first-order chi connectivity index (χ1) is 15.1. The molecular weight excluding hydrogens is 412 g/mol. The minimum absolute atomic E-state index is 0.0135. The van der Waals surface area contributed by atoms with Crippen molar-refractivity contribution in [1.82, 2.24) is 30.1 Å². The van der Waals surface area contributed by atoms with Crippen LogP contribution in [0.25, 0.3) is 15.9 Å². The van der Waals surface area contributed by atoms with Gasteiger partial charge in [-0.3, -0.25) is 4.79 Å². The number of aromatic nitrogens is 5. The summed E-state index contributed by atoms with van der Waals surface area (Å²) in [5.74, 6) is 0.0135. The van der Waals surface area contributed by atoms with E-state index in [-0.39, 0.29) is 12.0 Å². The van der Waals surface area contributed by atoms with Gasteiger partial charge in [0.15, 0.2) is 0 Å². The van der Waals surface area contributed by atoms with Crippen molar-refractivity contribution in [3.63, 3.8) is 0 Å². The van der Waals surface area contributed by atoms with Gasteiger partial charge in [0, 0.05) is 31.5 Å². The molecular formula is C22H22N6O2S. The number of carbonyl (C=O) groups excluding carboxylic acids is 1. The Labute approximate surface area is 183 Å². The lowest BCUT2D eigenvalue weighted by Gasteiger charge is -2.31. The quantitative estimate of drug-likeness (QED) is 0.488. The van der Waals surface area contributed by atoms with E-state index in [9.17, 15) is 4.79 Å². The molecule has 31 heavy (non-hydrogen) atoms. The first-order valence-electron chi connectivity index (χ1n) is 10.2. The minimum atomic E-state index is 0.0135. The van der Waals surface area contributed by atoms with E-state index in [2.05, 4.69) is 41.5 Å². The molecule has 0 spiro atoms. The lowest BCUT2D eigenvalue weighted by Crippen LogP contribution is -2.41. The fourth-order valence-corrected chi connectivity index (χ4v) is 4.88. The number of benzene rings is 2. The zero-order valence-corrected chi connectivity index (χ0v) is 18.2. The van der Waals surface area contributed by atoms with Crippen LogP contribution in [-0.4, -0.2) is 55.2 Å². The molecule has 2 aromatic carbocycles. The van der Waals surface area contributed by atoms with Crippen molar-refractivity contribution in [1.29, 1.82) is 0 Å². The van der Waals surface area contributed by atoms with Gasteiger partial charge >= 0.3 is 0 Å². The second kappa shape index (κ2) is 8.07. The molecule has 9 heteroatoms. The van der Waals surface area contributed by atoms with Crippen molar-refractivity contribution in [2.75, 3.05) is 13.1 Å². The van der Waals surface area contributed by atoms with Gasteiger partial charge in [0.1, 0.15) is 12.4 Å². The highest BCUT2D eigenvalue weighted by molar-refractivity contribution is 7.20. The Morgan fingerprint density at radius 1 is 1.13 bits per heavy atom. The molecule has 4 aromatic rings. The molecule has 0 atom stereocenters. The summed E-state index contributed by atoms with van der Waals surface area (Å²) < 4.78 is 8.92. The number of tetrazole rings is 1. The van der Waals surface area contributed by atoms with E-state index in [0.717, 1.165) is 29.6 Å². The highest BCUT2D eigenvalue weighted by atomic mass is 32.1. The molecule has 0 bridgehead atoms. The second-order valence-electron chi connectivity index (χ2n) is 7.77. The van der Waals surface area contributed by atoms with Crippen LogP contribution in [0.4, 0.5) is 0 Å². The molecule has 1 aliphatic heterocycles. The Balaban J connectivity index is 1.24. The minimum Gasteiger partial charge on any atom is -0.467 e. The van der Waals surface area contributed by atoms with Crippen molar-refractivity contribution < 1.29 is 9.53 Å². The molecule has 1 fully saturated rings. The third kappa shape index (κ3) is 3.88. The van der Waals surface area contributed by atoms with Crippen LogP contribution < -0.4 is 4.74 Å². The number of fused-ring (bicyclic) bond motifs is 1. The molecule has 5 rings (SSSR count).